The Bertz CT molecular complexity index is 735. The molecule has 2 unspecified atom stereocenters. The van der Waals surface area contributed by atoms with Gasteiger partial charge in [-0.25, -0.2) is 4.79 Å². The summed E-state index contributed by atoms with van der Waals surface area (Å²) in [5.74, 6) is 0.735. The number of fused-ring (bicyclic) bond motifs is 2. The summed E-state index contributed by atoms with van der Waals surface area (Å²) in [5, 5.41) is 5.53. The molecule has 0 radical (unpaired) electrons. The number of amides is 4. The van der Waals surface area contributed by atoms with E-state index < -0.39 is 0 Å². The molecule has 27 heavy (non-hydrogen) atoms. The highest BCUT2D eigenvalue weighted by atomic mass is 16.2. The first-order valence-electron chi connectivity index (χ1n) is 9.75. The summed E-state index contributed by atoms with van der Waals surface area (Å²) in [6, 6.07) is 7.21. The van der Waals surface area contributed by atoms with Crippen molar-refractivity contribution in [2.24, 2.45) is 23.5 Å². The van der Waals surface area contributed by atoms with Gasteiger partial charge in [-0.1, -0.05) is 18.6 Å². The number of hydrogen-bond acceptors (Lipinski definition) is 4. The van der Waals surface area contributed by atoms with Crippen LogP contribution in [-0.4, -0.2) is 35.3 Å². The van der Waals surface area contributed by atoms with Crippen molar-refractivity contribution in [2.75, 3.05) is 11.9 Å². The zero-order valence-corrected chi connectivity index (χ0v) is 15.3. The predicted molar refractivity (Wildman–Crippen MR) is 101 cm³/mol. The number of nitrogens with one attached hydrogen (secondary N) is 2. The lowest BCUT2D eigenvalue weighted by Crippen LogP contribution is -2.48. The fraction of sp³-hybridized carbons (Fsp3) is 0.550. The number of nitrogens with two attached hydrogens (primary N) is 1. The van der Waals surface area contributed by atoms with E-state index in [-0.39, 0.29) is 42.9 Å². The highest BCUT2D eigenvalue weighted by molar-refractivity contribution is 6.01. The first-order chi connectivity index (χ1) is 13.0. The minimum Gasteiger partial charge on any atom is -0.329 e. The topological polar surface area (TPSA) is 105 Å². The second kappa shape index (κ2) is 7.31. The van der Waals surface area contributed by atoms with Crippen molar-refractivity contribution in [1.29, 1.82) is 0 Å². The lowest BCUT2D eigenvalue weighted by Gasteiger charge is -2.43. The molecule has 1 aromatic rings. The van der Waals surface area contributed by atoms with Crippen LogP contribution in [0.5, 0.6) is 0 Å². The Morgan fingerprint density at radius 1 is 1.22 bits per heavy atom. The predicted octanol–water partition coefficient (Wildman–Crippen LogP) is 1.83. The van der Waals surface area contributed by atoms with Crippen LogP contribution in [0.3, 0.4) is 0 Å². The van der Waals surface area contributed by atoms with Crippen molar-refractivity contribution < 1.29 is 14.4 Å². The number of benzene rings is 1. The number of anilines is 1. The van der Waals surface area contributed by atoms with Crippen LogP contribution < -0.4 is 16.4 Å². The highest BCUT2D eigenvalue weighted by Gasteiger charge is 2.40. The second-order valence-electron chi connectivity index (χ2n) is 8.02. The van der Waals surface area contributed by atoms with Gasteiger partial charge in [-0.2, -0.15) is 0 Å². The van der Waals surface area contributed by atoms with Crippen molar-refractivity contribution in [3.8, 4) is 0 Å². The van der Waals surface area contributed by atoms with Gasteiger partial charge in [0.15, 0.2) is 0 Å². The number of imide groups is 1. The number of carbonyl (C=O) groups is 3. The van der Waals surface area contributed by atoms with Gasteiger partial charge >= 0.3 is 6.03 Å². The van der Waals surface area contributed by atoms with E-state index in [1.54, 1.807) is 0 Å². The highest BCUT2D eigenvalue weighted by Crippen LogP contribution is 2.42. The molecule has 0 spiro atoms. The van der Waals surface area contributed by atoms with Crippen molar-refractivity contribution in [3.05, 3.63) is 29.8 Å². The summed E-state index contributed by atoms with van der Waals surface area (Å²) < 4.78 is 0. The molecule has 2 saturated carbocycles. The van der Waals surface area contributed by atoms with E-state index in [9.17, 15) is 14.4 Å². The monoisotopic (exact) mass is 370 g/mol. The molecule has 1 heterocycles. The van der Waals surface area contributed by atoms with E-state index in [1.807, 2.05) is 24.3 Å². The standard InChI is InChI=1S/C20H26N4O3/c21-18-13-4-2-5-14(18)9-15(8-13)19(26)23-16-6-1-3-12(7-16)11-24-17(25)10-22-20(24)27/h1,3,6-7,13-15,18H,2,4-5,8-11,21H2,(H,22,27)(H,23,26). The van der Waals surface area contributed by atoms with Crippen molar-refractivity contribution >= 4 is 23.5 Å². The zero-order valence-electron chi connectivity index (χ0n) is 15.3. The van der Waals surface area contributed by atoms with Gasteiger partial charge in [0.2, 0.25) is 11.8 Å². The van der Waals surface area contributed by atoms with Gasteiger partial charge in [0.1, 0.15) is 0 Å². The van der Waals surface area contributed by atoms with E-state index in [0.717, 1.165) is 31.2 Å². The summed E-state index contributed by atoms with van der Waals surface area (Å²) in [6.45, 7) is 0.248. The number of rotatable bonds is 4. The molecule has 4 amide bonds. The van der Waals surface area contributed by atoms with Gasteiger partial charge in [0.25, 0.3) is 0 Å². The fourth-order valence-electron chi connectivity index (χ4n) is 4.79. The van der Waals surface area contributed by atoms with Gasteiger partial charge in [-0.05, 0) is 55.2 Å². The Hall–Kier alpha value is -2.41. The van der Waals surface area contributed by atoms with Crippen LogP contribution in [0.15, 0.2) is 24.3 Å². The third-order valence-corrected chi connectivity index (χ3v) is 6.26. The molecule has 2 bridgehead atoms. The number of carbonyl (C=O) groups excluding carboxylic acids is 3. The Kier molecular flexibility index (Phi) is 4.86. The largest absolute Gasteiger partial charge is 0.329 e. The van der Waals surface area contributed by atoms with Crippen molar-refractivity contribution in [3.63, 3.8) is 0 Å². The van der Waals surface area contributed by atoms with Gasteiger partial charge in [0, 0.05) is 17.6 Å². The van der Waals surface area contributed by atoms with Crippen LogP contribution in [0.1, 0.15) is 37.7 Å². The van der Waals surface area contributed by atoms with E-state index in [2.05, 4.69) is 10.6 Å². The molecule has 7 nitrogen and oxygen atoms in total. The molecule has 144 valence electrons. The van der Waals surface area contributed by atoms with Crippen LogP contribution in [0.25, 0.3) is 0 Å². The molecule has 2 aliphatic carbocycles. The van der Waals surface area contributed by atoms with Gasteiger partial charge in [0.05, 0.1) is 13.1 Å². The van der Waals surface area contributed by atoms with Crippen LogP contribution >= 0.6 is 0 Å². The lowest BCUT2D eigenvalue weighted by atomic mass is 9.65. The van der Waals surface area contributed by atoms with Gasteiger partial charge in [-0.15, -0.1) is 0 Å². The summed E-state index contributed by atoms with van der Waals surface area (Å²) in [4.78, 5) is 37.4. The number of urea groups is 1. The second-order valence-corrected chi connectivity index (χ2v) is 8.02. The first-order valence-corrected chi connectivity index (χ1v) is 9.75. The maximum atomic E-state index is 12.8. The summed E-state index contributed by atoms with van der Waals surface area (Å²) >= 11 is 0. The molecule has 3 fully saturated rings. The Balaban J connectivity index is 1.40. The summed E-state index contributed by atoms with van der Waals surface area (Å²) in [7, 11) is 0. The quantitative estimate of drug-likeness (QED) is 0.703. The Morgan fingerprint density at radius 2 is 1.96 bits per heavy atom. The fourth-order valence-corrected chi connectivity index (χ4v) is 4.79. The number of hydrogen-bond donors (Lipinski definition) is 3. The molecule has 1 aliphatic heterocycles. The van der Waals surface area contributed by atoms with Crippen LogP contribution in [-0.2, 0) is 16.1 Å². The molecular weight excluding hydrogens is 344 g/mol. The summed E-state index contributed by atoms with van der Waals surface area (Å²) in [6.07, 6.45) is 5.21. The minimum absolute atomic E-state index is 0.00898. The lowest BCUT2D eigenvalue weighted by molar-refractivity contribution is -0.125. The zero-order chi connectivity index (χ0) is 19.0. The third kappa shape index (κ3) is 3.69. The molecule has 1 saturated heterocycles. The van der Waals surface area contributed by atoms with E-state index in [0.29, 0.717) is 17.5 Å². The molecule has 2 atom stereocenters. The Morgan fingerprint density at radius 3 is 2.63 bits per heavy atom. The maximum Gasteiger partial charge on any atom is 0.324 e. The van der Waals surface area contributed by atoms with Gasteiger partial charge in [-0.3, -0.25) is 14.5 Å². The number of nitrogens with zero attached hydrogens (tertiary/aromatic N) is 1. The molecule has 3 aliphatic rings. The smallest absolute Gasteiger partial charge is 0.324 e. The maximum absolute atomic E-state index is 12.8. The average molecular weight is 370 g/mol. The average Bonchev–Trinajstić information content (AvgIpc) is 2.94. The molecular formula is C20H26N4O3. The molecule has 0 aromatic heterocycles. The first kappa shape index (κ1) is 18.0. The van der Waals surface area contributed by atoms with E-state index >= 15 is 0 Å². The molecule has 1 aromatic carbocycles. The Labute approximate surface area is 158 Å². The normalized spacial score (nSPS) is 30.2. The SMILES string of the molecule is NC1C2CCCC1CC(C(=O)Nc1cccc(CN3C(=O)CNC3=O)c1)C2. The van der Waals surface area contributed by atoms with E-state index in [1.165, 1.54) is 11.3 Å². The molecule has 4 rings (SSSR count). The minimum atomic E-state index is -0.375. The molecule has 7 heteroatoms. The third-order valence-electron chi connectivity index (χ3n) is 6.26. The summed E-state index contributed by atoms with van der Waals surface area (Å²) in [5.41, 5.74) is 7.83. The molecule has 4 N–H and O–H groups in total. The van der Waals surface area contributed by atoms with E-state index in [4.69, 9.17) is 5.73 Å². The van der Waals surface area contributed by atoms with Crippen LogP contribution in [0.4, 0.5) is 10.5 Å². The van der Waals surface area contributed by atoms with Gasteiger partial charge < -0.3 is 16.4 Å². The van der Waals surface area contributed by atoms with Crippen molar-refractivity contribution in [2.45, 2.75) is 44.7 Å². The van der Waals surface area contributed by atoms with Crippen molar-refractivity contribution in [1.82, 2.24) is 10.2 Å². The van der Waals surface area contributed by atoms with Crippen LogP contribution in [0, 0.1) is 17.8 Å². The van der Waals surface area contributed by atoms with Crippen LogP contribution in [0.2, 0.25) is 0 Å².